The van der Waals surface area contributed by atoms with Crippen molar-refractivity contribution < 1.29 is 5.11 Å². The summed E-state index contributed by atoms with van der Waals surface area (Å²) in [4.78, 5) is 0. The molecule has 0 aromatic rings. The average Bonchev–Trinajstić information content (AvgIpc) is 2.21. The number of piperidine rings is 1. The quantitative estimate of drug-likeness (QED) is 0.580. The van der Waals surface area contributed by atoms with Crippen molar-refractivity contribution in [2.45, 2.75) is 32.2 Å². The Morgan fingerprint density at radius 1 is 1.46 bits per heavy atom. The van der Waals surface area contributed by atoms with Crippen molar-refractivity contribution in [1.82, 2.24) is 10.6 Å². The van der Waals surface area contributed by atoms with Crippen LogP contribution in [0.3, 0.4) is 0 Å². The number of hydrogen-bond donors (Lipinski definition) is 3. The van der Waals surface area contributed by atoms with E-state index in [0.717, 1.165) is 32.0 Å². The molecule has 0 aromatic carbocycles. The Balaban J connectivity index is 2.09. The van der Waals surface area contributed by atoms with Gasteiger partial charge in [0.15, 0.2) is 0 Å². The van der Waals surface area contributed by atoms with E-state index in [1.54, 1.807) is 0 Å². The molecule has 3 N–H and O–H groups in total. The first-order chi connectivity index (χ1) is 6.36. The normalized spacial score (nSPS) is 21.7. The molecule has 3 heteroatoms. The van der Waals surface area contributed by atoms with E-state index < -0.39 is 0 Å². The lowest BCUT2D eigenvalue weighted by Crippen LogP contribution is -2.39. The molecule has 0 spiro atoms. The molecule has 1 atom stereocenters. The Morgan fingerprint density at radius 2 is 2.15 bits per heavy atom. The third kappa shape index (κ3) is 4.07. The lowest BCUT2D eigenvalue weighted by Gasteiger charge is -2.25. The third-order valence-corrected chi connectivity index (χ3v) is 2.87. The summed E-state index contributed by atoms with van der Waals surface area (Å²) in [7, 11) is 0. The Labute approximate surface area is 80.9 Å². The van der Waals surface area contributed by atoms with Crippen LogP contribution in [0, 0.1) is 5.92 Å². The lowest BCUT2D eigenvalue weighted by molar-refractivity contribution is 0.227. The number of rotatable bonds is 5. The molecule has 1 heterocycles. The largest absolute Gasteiger partial charge is 0.395 e. The second-order valence-electron chi connectivity index (χ2n) is 3.89. The fourth-order valence-electron chi connectivity index (χ4n) is 1.76. The molecule has 1 rings (SSSR count). The summed E-state index contributed by atoms with van der Waals surface area (Å²) in [5, 5.41) is 15.7. The van der Waals surface area contributed by atoms with Gasteiger partial charge in [-0.1, -0.05) is 6.92 Å². The average molecular weight is 186 g/mol. The number of hydrogen-bond acceptors (Lipinski definition) is 3. The number of nitrogens with one attached hydrogen (secondary N) is 2. The Kier molecular flexibility index (Phi) is 5.35. The van der Waals surface area contributed by atoms with Crippen LogP contribution in [-0.4, -0.2) is 37.4 Å². The molecule has 0 saturated carbocycles. The lowest BCUT2D eigenvalue weighted by atomic mass is 9.98. The van der Waals surface area contributed by atoms with Crippen LogP contribution in [0.4, 0.5) is 0 Å². The van der Waals surface area contributed by atoms with Crippen LogP contribution in [0.2, 0.25) is 0 Å². The molecule has 0 amide bonds. The van der Waals surface area contributed by atoms with Gasteiger partial charge >= 0.3 is 0 Å². The van der Waals surface area contributed by atoms with E-state index >= 15 is 0 Å². The van der Waals surface area contributed by atoms with Crippen LogP contribution in [0.1, 0.15) is 26.2 Å². The van der Waals surface area contributed by atoms with Gasteiger partial charge in [-0.25, -0.2) is 0 Å². The van der Waals surface area contributed by atoms with E-state index in [1.807, 2.05) is 0 Å². The maximum absolute atomic E-state index is 8.98. The van der Waals surface area contributed by atoms with Gasteiger partial charge in [-0.2, -0.15) is 0 Å². The molecule has 13 heavy (non-hydrogen) atoms. The minimum absolute atomic E-state index is 0.265. The molecule has 0 radical (unpaired) electrons. The van der Waals surface area contributed by atoms with Crippen molar-refractivity contribution in [3.05, 3.63) is 0 Å². The van der Waals surface area contributed by atoms with Crippen LogP contribution in [0.15, 0.2) is 0 Å². The first-order valence-electron chi connectivity index (χ1n) is 5.41. The van der Waals surface area contributed by atoms with Crippen molar-refractivity contribution in [2.24, 2.45) is 5.92 Å². The molecular weight excluding hydrogens is 164 g/mol. The van der Waals surface area contributed by atoms with Crippen LogP contribution in [0.25, 0.3) is 0 Å². The van der Waals surface area contributed by atoms with Gasteiger partial charge in [-0.05, 0) is 44.8 Å². The fourth-order valence-corrected chi connectivity index (χ4v) is 1.76. The van der Waals surface area contributed by atoms with E-state index in [4.69, 9.17) is 5.11 Å². The monoisotopic (exact) mass is 186 g/mol. The second kappa shape index (κ2) is 6.35. The van der Waals surface area contributed by atoms with Crippen LogP contribution in [-0.2, 0) is 0 Å². The molecule has 1 fully saturated rings. The molecule has 1 aliphatic heterocycles. The van der Waals surface area contributed by atoms with Gasteiger partial charge in [-0.3, -0.25) is 0 Å². The Hall–Kier alpha value is -0.120. The summed E-state index contributed by atoms with van der Waals surface area (Å²) in [5.74, 6) is 0.807. The summed E-state index contributed by atoms with van der Waals surface area (Å²) in [6.45, 7) is 5.75. The van der Waals surface area contributed by atoms with Gasteiger partial charge < -0.3 is 15.7 Å². The third-order valence-electron chi connectivity index (χ3n) is 2.87. The van der Waals surface area contributed by atoms with Gasteiger partial charge in [0.25, 0.3) is 0 Å². The van der Waals surface area contributed by atoms with Gasteiger partial charge in [0.2, 0.25) is 0 Å². The summed E-state index contributed by atoms with van der Waals surface area (Å²) in [6, 6.07) is 0.301. The fraction of sp³-hybridized carbons (Fsp3) is 1.00. The van der Waals surface area contributed by atoms with Gasteiger partial charge in [0.05, 0.1) is 6.61 Å². The topological polar surface area (TPSA) is 44.3 Å². The predicted octanol–water partition coefficient (Wildman–Crippen LogP) is 0.346. The zero-order valence-corrected chi connectivity index (χ0v) is 8.55. The second-order valence-corrected chi connectivity index (χ2v) is 3.89. The minimum atomic E-state index is 0.265. The van der Waals surface area contributed by atoms with Crippen molar-refractivity contribution in [2.75, 3.05) is 26.2 Å². The molecule has 78 valence electrons. The molecule has 1 aliphatic rings. The Bertz CT molecular complexity index is 120. The number of aliphatic hydroxyl groups is 1. The van der Waals surface area contributed by atoms with Crippen molar-refractivity contribution >= 4 is 0 Å². The van der Waals surface area contributed by atoms with E-state index in [9.17, 15) is 0 Å². The van der Waals surface area contributed by atoms with E-state index in [2.05, 4.69) is 17.6 Å². The number of aliphatic hydroxyl groups excluding tert-OH is 1. The van der Waals surface area contributed by atoms with Crippen LogP contribution >= 0.6 is 0 Å². The molecular formula is C10H22N2O. The highest BCUT2D eigenvalue weighted by molar-refractivity contribution is 4.73. The van der Waals surface area contributed by atoms with E-state index in [0.29, 0.717) is 6.04 Å². The van der Waals surface area contributed by atoms with Crippen molar-refractivity contribution in [1.29, 1.82) is 0 Å². The first-order valence-corrected chi connectivity index (χ1v) is 5.41. The maximum atomic E-state index is 8.98. The summed E-state index contributed by atoms with van der Waals surface area (Å²) < 4.78 is 0. The minimum Gasteiger partial charge on any atom is -0.395 e. The van der Waals surface area contributed by atoms with Gasteiger partial charge in [-0.15, -0.1) is 0 Å². The summed E-state index contributed by atoms with van der Waals surface area (Å²) >= 11 is 0. The SMILES string of the molecule is CC[C@H](CO)NCC1CCNCC1. The van der Waals surface area contributed by atoms with Gasteiger partial charge in [0, 0.05) is 6.04 Å². The summed E-state index contributed by atoms with van der Waals surface area (Å²) in [6.07, 6.45) is 3.56. The zero-order chi connectivity index (χ0) is 9.52. The highest BCUT2D eigenvalue weighted by Gasteiger charge is 2.13. The Morgan fingerprint density at radius 3 is 2.69 bits per heavy atom. The van der Waals surface area contributed by atoms with Crippen molar-refractivity contribution in [3.8, 4) is 0 Å². The zero-order valence-electron chi connectivity index (χ0n) is 8.55. The molecule has 0 bridgehead atoms. The van der Waals surface area contributed by atoms with E-state index in [-0.39, 0.29) is 6.61 Å². The van der Waals surface area contributed by atoms with Crippen molar-refractivity contribution in [3.63, 3.8) is 0 Å². The highest BCUT2D eigenvalue weighted by atomic mass is 16.3. The maximum Gasteiger partial charge on any atom is 0.0584 e. The molecule has 1 saturated heterocycles. The molecule has 0 aliphatic carbocycles. The molecule has 3 nitrogen and oxygen atoms in total. The molecule has 0 unspecified atom stereocenters. The van der Waals surface area contributed by atoms with Crippen LogP contribution < -0.4 is 10.6 Å². The first kappa shape index (κ1) is 11.0. The highest BCUT2D eigenvalue weighted by Crippen LogP contribution is 2.10. The molecule has 0 aromatic heterocycles. The predicted molar refractivity (Wildman–Crippen MR) is 54.8 cm³/mol. The van der Waals surface area contributed by atoms with Crippen LogP contribution in [0.5, 0.6) is 0 Å². The standard InChI is InChI=1S/C10H22N2O/c1-2-10(8-13)12-7-9-3-5-11-6-4-9/h9-13H,2-8H2,1H3/t10-/m1/s1. The van der Waals surface area contributed by atoms with Gasteiger partial charge in [0.1, 0.15) is 0 Å². The summed E-state index contributed by atoms with van der Waals surface area (Å²) in [5.41, 5.74) is 0. The van der Waals surface area contributed by atoms with E-state index in [1.165, 1.54) is 12.8 Å². The smallest absolute Gasteiger partial charge is 0.0584 e.